The first-order valence-electron chi connectivity index (χ1n) is 11.3. The topological polar surface area (TPSA) is 138 Å². The highest BCUT2D eigenvalue weighted by atomic mass is 16.5. The number of hydrogen-bond acceptors (Lipinski definition) is 8. The Labute approximate surface area is 200 Å². The third kappa shape index (κ3) is 7.00. The summed E-state index contributed by atoms with van der Waals surface area (Å²) in [6.45, 7) is 7.96. The fourth-order valence-corrected chi connectivity index (χ4v) is 3.46. The number of likely N-dealkylation sites (tertiary alicyclic amines) is 1. The molecule has 182 valence electrons. The Kier molecular flexibility index (Phi) is 8.94. The van der Waals surface area contributed by atoms with Crippen molar-refractivity contribution in [1.29, 1.82) is 0 Å². The van der Waals surface area contributed by atoms with E-state index in [0.717, 1.165) is 22.4 Å². The second-order valence-corrected chi connectivity index (χ2v) is 8.28. The van der Waals surface area contributed by atoms with Crippen LogP contribution < -0.4 is 16.4 Å². The van der Waals surface area contributed by atoms with Crippen LogP contribution in [0.4, 0.5) is 10.7 Å². The van der Waals surface area contributed by atoms with Crippen LogP contribution in [0.15, 0.2) is 47.4 Å². The Morgan fingerprint density at radius 1 is 1.38 bits per heavy atom. The zero-order chi connectivity index (χ0) is 24.5. The second-order valence-electron chi connectivity index (χ2n) is 8.28. The molecular formula is C24H33N7O3. The van der Waals surface area contributed by atoms with Crippen molar-refractivity contribution in [3.63, 3.8) is 0 Å². The highest BCUT2D eigenvalue weighted by Gasteiger charge is 2.31. The molecule has 1 aromatic heterocycles. The van der Waals surface area contributed by atoms with E-state index in [4.69, 9.17) is 15.6 Å². The number of aliphatic imine (C=N–C) groups is 1. The van der Waals surface area contributed by atoms with E-state index in [0.29, 0.717) is 31.3 Å². The summed E-state index contributed by atoms with van der Waals surface area (Å²) in [5.74, 6) is 0.382. The number of nitrogens with one attached hydrogen (secondary N) is 2. The molecule has 1 fully saturated rings. The summed E-state index contributed by atoms with van der Waals surface area (Å²) in [7, 11) is 0. The monoisotopic (exact) mass is 467 g/mol. The Hall–Kier alpha value is -3.50. The Balaban J connectivity index is 1.58. The lowest BCUT2D eigenvalue weighted by atomic mass is 10.0. The lowest BCUT2D eigenvalue weighted by molar-refractivity contribution is -0.0641. The zero-order valence-electron chi connectivity index (χ0n) is 19.9. The molecule has 0 saturated carbocycles. The van der Waals surface area contributed by atoms with Gasteiger partial charge in [-0.25, -0.2) is 14.8 Å². The summed E-state index contributed by atoms with van der Waals surface area (Å²) >= 11 is 0. The zero-order valence-corrected chi connectivity index (χ0v) is 19.9. The van der Waals surface area contributed by atoms with Crippen LogP contribution in [0.3, 0.4) is 0 Å². The number of nitrogens with two attached hydrogens (primary N) is 1. The number of aromatic nitrogens is 2. The van der Waals surface area contributed by atoms with Gasteiger partial charge < -0.3 is 31.1 Å². The van der Waals surface area contributed by atoms with Gasteiger partial charge in [-0.3, -0.25) is 4.99 Å². The van der Waals surface area contributed by atoms with Crippen molar-refractivity contribution in [1.82, 2.24) is 20.2 Å². The number of amides is 2. The van der Waals surface area contributed by atoms with Crippen molar-refractivity contribution in [3.8, 4) is 11.3 Å². The van der Waals surface area contributed by atoms with Crippen molar-refractivity contribution >= 4 is 18.2 Å². The predicted octanol–water partition coefficient (Wildman–Crippen LogP) is 2.05. The molecular weight excluding hydrogens is 434 g/mol. The minimum absolute atomic E-state index is 0.0364. The van der Waals surface area contributed by atoms with Crippen molar-refractivity contribution in [2.75, 3.05) is 31.6 Å². The molecule has 0 bridgehead atoms. The molecule has 34 heavy (non-hydrogen) atoms. The lowest BCUT2D eigenvalue weighted by Gasteiger charge is -2.39. The first-order valence-corrected chi connectivity index (χ1v) is 11.3. The van der Waals surface area contributed by atoms with Crippen molar-refractivity contribution < 1.29 is 14.6 Å². The summed E-state index contributed by atoms with van der Waals surface area (Å²) in [5, 5.41) is 14.8. The summed E-state index contributed by atoms with van der Waals surface area (Å²) in [6.07, 6.45) is 4.85. The third-order valence-corrected chi connectivity index (χ3v) is 5.22. The number of nitrogens with zero attached hydrogens (tertiary/aromatic N) is 4. The summed E-state index contributed by atoms with van der Waals surface area (Å²) < 4.78 is 5.70. The molecule has 3 rings (SSSR count). The second kappa shape index (κ2) is 12.1. The van der Waals surface area contributed by atoms with Crippen LogP contribution in [0.25, 0.3) is 11.3 Å². The van der Waals surface area contributed by atoms with Gasteiger partial charge in [-0.2, -0.15) is 0 Å². The Morgan fingerprint density at radius 2 is 2.18 bits per heavy atom. The number of hydrogen-bond donors (Lipinski definition) is 4. The van der Waals surface area contributed by atoms with E-state index in [2.05, 4.69) is 25.6 Å². The molecule has 1 saturated heterocycles. The van der Waals surface area contributed by atoms with E-state index < -0.39 is 0 Å². The van der Waals surface area contributed by atoms with Gasteiger partial charge in [-0.1, -0.05) is 12.1 Å². The smallest absolute Gasteiger partial charge is 0.317 e. The molecule has 2 aromatic rings. The largest absolute Gasteiger partial charge is 0.403 e. The molecule has 1 aliphatic rings. The normalized spacial score (nSPS) is 14.5. The van der Waals surface area contributed by atoms with E-state index in [1.807, 2.05) is 45.0 Å². The van der Waals surface area contributed by atoms with E-state index in [1.54, 1.807) is 11.1 Å². The third-order valence-electron chi connectivity index (χ3n) is 5.22. The molecule has 0 atom stereocenters. The summed E-state index contributed by atoms with van der Waals surface area (Å²) in [6, 6.07) is 7.75. The number of carbonyl (C=O) groups is 1. The molecule has 0 aliphatic carbocycles. The number of carbonyl (C=O) groups excluding carboxylic acids is 1. The van der Waals surface area contributed by atoms with Crippen molar-refractivity contribution in [2.24, 2.45) is 10.7 Å². The number of benzene rings is 1. The van der Waals surface area contributed by atoms with E-state index in [-0.39, 0.29) is 31.4 Å². The van der Waals surface area contributed by atoms with Gasteiger partial charge in [0.05, 0.1) is 49.8 Å². The first kappa shape index (κ1) is 25.1. The van der Waals surface area contributed by atoms with Crippen molar-refractivity contribution in [3.05, 3.63) is 53.5 Å². The maximum atomic E-state index is 12.4. The maximum Gasteiger partial charge on any atom is 0.317 e. The SMILES string of the molecule is Cc1cc(-c2ccnc(NC(C=NCCO)=CN)n2)ccc1CNC(=O)N1CC(OC(C)C)C1. The van der Waals surface area contributed by atoms with E-state index in [9.17, 15) is 4.79 Å². The van der Waals surface area contributed by atoms with Gasteiger partial charge in [-0.15, -0.1) is 0 Å². The van der Waals surface area contributed by atoms with Crippen molar-refractivity contribution in [2.45, 2.75) is 39.5 Å². The van der Waals surface area contributed by atoms with Crippen LogP contribution >= 0.6 is 0 Å². The molecule has 10 nitrogen and oxygen atoms in total. The molecule has 0 spiro atoms. The van der Waals surface area contributed by atoms with Crippen LogP contribution in [-0.2, 0) is 11.3 Å². The standard InChI is InChI=1S/C24H33N7O3/c1-16(2)34-21-14-31(15-21)24(33)28-12-19-5-4-18(10-17(19)3)22-6-7-27-23(30-22)29-20(11-25)13-26-8-9-32/h4-7,10-11,13,16,21,32H,8-9,12,14-15,25H2,1-3H3,(H,28,33)(H,27,29,30). The average Bonchev–Trinajstić information content (AvgIpc) is 2.79. The first-order chi connectivity index (χ1) is 16.4. The number of aliphatic hydroxyl groups is 1. The van der Waals surface area contributed by atoms with Gasteiger partial charge in [0.15, 0.2) is 0 Å². The number of anilines is 1. The summed E-state index contributed by atoms with van der Waals surface area (Å²) in [5.41, 5.74) is 9.91. The van der Waals surface area contributed by atoms with Gasteiger partial charge in [0.2, 0.25) is 5.95 Å². The Bertz CT molecular complexity index is 1030. The summed E-state index contributed by atoms with van der Waals surface area (Å²) in [4.78, 5) is 26.9. The number of allylic oxidation sites excluding steroid dienone is 1. The van der Waals surface area contributed by atoms with Crippen LogP contribution in [0.2, 0.25) is 0 Å². The number of ether oxygens (including phenoxy) is 1. The fraction of sp³-hybridized carbons (Fsp3) is 0.417. The van der Waals surface area contributed by atoms with Crippen LogP contribution in [-0.4, -0.2) is 70.7 Å². The average molecular weight is 468 g/mol. The maximum absolute atomic E-state index is 12.4. The van der Waals surface area contributed by atoms with Crippen LogP contribution in [0.1, 0.15) is 25.0 Å². The van der Waals surface area contributed by atoms with E-state index >= 15 is 0 Å². The van der Waals surface area contributed by atoms with Crippen LogP contribution in [0, 0.1) is 6.92 Å². The highest BCUT2D eigenvalue weighted by Crippen LogP contribution is 2.22. The Morgan fingerprint density at radius 3 is 2.85 bits per heavy atom. The number of urea groups is 1. The minimum Gasteiger partial charge on any atom is -0.403 e. The van der Waals surface area contributed by atoms with Gasteiger partial charge in [-0.05, 0) is 44.0 Å². The van der Waals surface area contributed by atoms with Crippen LogP contribution in [0.5, 0.6) is 0 Å². The number of aryl methyl sites for hydroxylation is 1. The quantitative estimate of drug-likeness (QED) is 0.392. The highest BCUT2D eigenvalue weighted by molar-refractivity contribution is 5.82. The van der Waals surface area contributed by atoms with E-state index in [1.165, 1.54) is 12.4 Å². The fourth-order valence-electron chi connectivity index (χ4n) is 3.46. The minimum atomic E-state index is -0.0788. The molecule has 0 radical (unpaired) electrons. The molecule has 2 amide bonds. The van der Waals surface area contributed by atoms with Gasteiger partial charge in [0.1, 0.15) is 0 Å². The molecule has 10 heteroatoms. The molecule has 0 unspecified atom stereocenters. The van der Waals surface area contributed by atoms with Gasteiger partial charge in [0, 0.05) is 30.7 Å². The predicted molar refractivity (Wildman–Crippen MR) is 132 cm³/mol. The molecule has 1 aliphatic heterocycles. The molecule has 2 heterocycles. The van der Waals surface area contributed by atoms with Gasteiger partial charge >= 0.3 is 6.03 Å². The van der Waals surface area contributed by atoms with Gasteiger partial charge in [0.25, 0.3) is 0 Å². The molecule has 1 aromatic carbocycles. The lowest BCUT2D eigenvalue weighted by Crippen LogP contribution is -2.58. The number of rotatable bonds is 10. The molecule has 5 N–H and O–H groups in total. The number of aliphatic hydroxyl groups excluding tert-OH is 1.